The minimum atomic E-state index is 0. The van der Waals surface area contributed by atoms with Crippen molar-refractivity contribution < 1.29 is 9.53 Å². The van der Waals surface area contributed by atoms with E-state index < -0.39 is 0 Å². The number of halogens is 1. The number of ether oxygens (including phenoxy) is 1. The summed E-state index contributed by atoms with van der Waals surface area (Å²) >= 11 is 0. The summed E-state index contributed by atoms with van der Waals surface area (Å²) in [6.07, 6.45) is 3.70. The molecule has 1 aromatic rings. The van der Waals surface area contributed by atoms with Crippen molar-refractivity contribution in [3.8, 4) is 5.75 Å². The molecule has 1 aliphatic rings. The Balaban J connectivity index is 0.00000242. The van der Waals surface area contributed by atoms with E-state index in [0.29, 0.717) is 13.0 Å². The van der Waals surface area contributed by atoms with Gasteiger partial charge in [-0.2, -0.15) is 0 Å². The van der Waals surface area contributed by atoms with Crippen molar-refractivity contribution >= 4 is 18.3 Å². The van der Waals surface area contributed by atoms with Crippen LogP contribution in [0.3, 0.4) is 0 Å². The molecule has 0 aliphatic carbocycles. The van der Waals surface area contributed by atoms with Gasteiger partial charge in [-0.3, -0.25) is 4.79 Å². The van der Waals surface area contributed by atoms with E-state index in [4.69, 9.17) is 4.74 Å². The molecule has 4 nitrogen and oxygen atoms in total. The topological polar surface area (TPSA) is 50.4 Å². The van der Waals surface area contributed by atoms with Crippen LogP contribution in [0.25, 0.3) is 0 Å². The van der Waals surface area contributed by atoms with Gasteiger partial charge < -0.3 is 15.4 Å². The van der Waals surface area contributed by atoms with Gasteiger partial charge >= 0.3 is 0 Å². The SMILES string of the molecule is COc1ccc(C(C)CC(=O)NCC2=CCNCC2)cc1.Cl. The van der Waals surface area contributed by atoms with Crippen LogP contribution in [-0.2, 0) is 4.79 Å². The van der Waals surface area contributed by atoms with Crippen molar-refractivity contribution in [3.63, 3.8) is 0 Å². The largest absolute Gasteiger partial charge is 0.497 e. The fourth-order valence-corrected chi connectivity index (χ4v) is 2.44. The van der Waals surface area contributed by atoms with Gasteiger partial charge in [0.2, 0.25) is 5.91 Å². The third-order valence-corrected chi connectivity index (χ3v) is 3.85. The van der Waals surface area contributed by atoms with Crippen molar-refractivity contribution in [2.45, 2.75) is 25.7 Å². The Hall–Kier alpha value is -1.52. The molecule has 1 atom stereocenters. The normalized spacial score (nSPS) is 15.3. The van der Waals surface area contributed by atoms with Crippen molar-refractivity contribution in [1.82, 2.24) is 10.6 Å². The number of hydrogen-bond acceptors (Lipinski definition) is 3. The Morgan fingerprint density at radius 1 is 1.36 bits per heavy atom. The van der Waals surface area contributed by atoms with Gasteiger partial charge in [0.05, 0.1) is 7.11 Å². The number of nitrogens with one attached hydrogen (secondary N) is 2. The predicted molar refractivity (Wildman–Crippen MR) is 91.9 cm³/mol. The molecule has 0 radical (unpaired) electrons. The highest BCUT2D eigenvalue weighted by molar-refractivity contribution is 5.85. The van der Waals surface area contributed by atoms with Gasteiger partial charge in [0.25, 0.3) is 0 Å². The quantitative estimate of drug-likeness (QED) is 0.791. The molecule has 0 spiro atoms. The van der Waals surface area contributed by atoms with Crippen LogP contribution < -0.4 is 15.4 Å². The van der Waals surface area contributed by atoms with Gasteiger partial charge in [-0.05, 0) is 36.6 Å². The molecule has 0 saturated carbocycles. The number of methoxy groups -OCH3 is 1. The maximum atomic E-state index is 12.0. The average Bonchev–Trinajstić information content (AvgIpc) is 2.54. The zero-order valence-corrected chi connectivity index (χ0v) is 14.0. The van der Waals surface area contributed by atoms with Crippen LogP contribution in [0.1, 0.15) is 31.2 Å². The molecule has 1 unspecified atom stereocenters. The van der Waals surface area contributed by atoms with E-state index in [0.717, 1.165) is 30.8 Å². The van der Waals surface area contributed by atoms with Crippen LogP contribution in [0.15, 0.2) is 35.9 Å². The lowest BCUT2D eigenvalue weighted by atomic mass is 9.97. The lowest BCUT2D eigenvalue weighted by Crippen LogP contribution is -2.30. The molecule has 22 heavy (non-hydrogen) atoms. The Labute approximate surface area is 138 Å². The average molecular weight is 325 g/mol. The molecule has 122 valence electrons. The van der Waals surface area contributed by atoms with Crippen LogP contribution >= 0.6 is 12.4 Å². The number of amides is 1. The molecule has 0 saturated heterocycles. The second-order valence-corrected chi connectivity index (χ2v) is 5.47. The summed E-state index contributed by atoms with van der Waals surface area (Å²) in [6, 6.07) is 7.91. The van der Waals surface area contributed by atoms with Crippen molar-refractivity contribution in [3.05, 3.63) is 41.5 Å². The van der Waals surface area contributed by atoms with Gasteiger partial charge in [0, 0.05) is 19.5 Å². The molecular formula is C17H25ClN2O2. The molecule has 2 N–H and O–H groups in total. The number of hydrogen-bond donors (Lipinski definition) is 2. The Kier molecular flexibility index (Phi) is 7.99. The fourth-order valence-electron chi connectivity index (χ4n) is 2.44. The standard InChI is InChI=1S/C17H24N2O2.ClH/c1-13(15-3-5-16(21-2)6-4-15)11-17(20)19-12-14-7-9-18-10-8-14;/h3-7,13,18H,8-12H2,1-2H3,(H,19,20);1H. The Morgan fingerprint density at radius 3 is 2.68 bits per heavy atom. The summed E-state index contributed by atoms with van der Waals surface area (Å²) in [7, 11) is 1.65. The predicted octanol–water partition coefficient (Wildman–Crippen LogP) is 2.65. The zero-order valence-electron chi connectivity index (χ0n) is 13.2. The molecular weight excluding hydrogens is 300 g/mol. The summed E-state index contributed by atoms with van der Waals surface area (Å²) < 4.78 is 5.15. The zero-order chi connectivity index (χ0) is 15.1. The van der Waals surface area contributed by atoms with E-state index in [2.05, 4.69) is 23.6 Å². The van der Waals surface area contributed by atoms with Crippen LogP contribution in [0.5, 0.6) is 5.75 Å². The highest BCUT2D eigenvalue weighted by Gasteiger charge is 2.12. The van der Waals surface area contributed by atoms with Crippen molar-refractivity contribution in [2.75, 3.05) is 26.7 Å². The summed E-state index contributed by atoms with van der Waals surface area (Å²) in [5.74, 6) is 1.16. The summed E-state index contributed by atoms with van der Waals surface area (Å²) in [6.45, 7) is 4.67. The second-order valence-electron chi connectivity index (χ2n) is 5.47. The van der Waals surface area contributed by atoms with Gasteiger partial charge in [0.1, 0.15) is 5.75 Å². The summed E-state index contributed by atoms with van der Waals surface area (Å²) in [5.41, 5.74) is 2.48. The summed E-state index contributed by atoms with van der Waals surface area (Å²) in [4.78, 5) is 12.0. The molecule has 1 aliphatic heterocycles. The number of rotatable bonds is 6. The molecule has 1 aromatic carbocycles. The minimum absolute atomic E-state index is 0. The van der Waals surface area contributed by atoms with Crippen molar-refractivity contribution in [2.24, 2.45) is 0 Å². The molecule has 1 heterocycles. The molecule has 5 heteroatoms. The first-order chi connectivity index (χ1) is 10.2. The highest BCUT2D eigenvalue weighted by atomic mass is 35.5. The minimum Gasteiger partial charge on any atom is -0.497 e. The van der Waals surface area contributed by atoms with Crippen LogP contribution in [0, 0.1) is 0 Å². The number of benzene rings is 1. The first kappa shape index (κ1) is 18.5. The van der Waals surface area contributed by atoms with E-state index in [1.54, 1.807) is 7.11 Å². The van der Waals surface area contributed by atoms with Crippen LogP contribution in [-0.4, -0.2) is 32.7 Å². The van der Waals surface area contributed by atoms with Crippen LogP contribution in [0.4, 0.5) is 0 Å². The smallest absolute Gasteiger partial charge is 0.220 e. The Bertz CT molecular complexity index is 500. The van der Waals surface area contributed by atoms with Crippen molar-refractivity contribution in [1.29, 1.82) is 0 Å². The van der Waals surface area contributed by atoms with E-state index in [9.17, 15) is 4.79 Å². The molecule has 1 amide bonds. The number of carbonyl (C=O) groups is 1. The van der Waals surface area contributed by atoms with Gasteiger partial charge in [-0.1, -0.05) is 30.7 Å². The fraction of sp³-hybridized carbons (Fsp3) is 0.471. The lowest BCUT2D eigenvalue weighted by molar-refractivity contribution is -0.121. The molecule has 2 rings (SSSR count). The third-order valence-electron chi connectivity index (χ3n) is 3.85. The van der Waals surface area contributed by atoms with Gasteiger partial charge in [0.15, 0.2) is 0 Å². The molecule has 0 fully saturated rings. The monoisotopic (exact) mass is 324 g/mol. The van der Waals surface area contributed by atoms with E-state index in [1.807, 2.05) is 24.3 Å². The first-order valence-corrected chi connectivity index (χ1v) is 7.48. The van der Waals surface area contributed by atoms with E-state index >= 15 is 0 Å². The third kappa shape index (κ3) is 5.70. The first-order valence-electron chi connectivity index (χ1n) is 7.48. The van der Waals surface area contributed by atoms with E-state index in [-0.39, 0.29) is 24.2 Å². The second kappa shape index (κ2) is 9.49. The van der Waals surface area contributed by atoms with Gasteiger partial charge in [-0.15, -0.1) is 12.4 Å². The Morgan fingerprint density at radius 2 is 2.09 bits per heavy atom. The van der Waals surface area contributed by atoms with Gasteiger partial charge in [-0.25, -0.2) is 0 Å². The van der Waals surface area contributed by atoms with E-state index in [1.165, 1.54) is 5.57 Å². The molecule has 0 bridgehead atoms. The maximum Gasteiger partial charge on any atom is 0.220 e. The van der Waals surface area contributed by atoms with Crippen LogP contribution in [0.2, 0.25) is 0 Å². The number of carbonyl (C=O) groups excluding carboxylic acids is 1. The lowest BCUT2D eigenvalue weighted by Gasteiger charge is -2.16. The maximum absolute atomic E-state index is 12.0. The molecule has 0 aromatic heterocycles. The summed E-state index contributed by atoms with van der Waals surface area (Å²) in [5, 5.41) is 6.28. The highest BCUT2D eigenvalue weighted by Crippen LogP contribution is 2.21.